The second-order valence-electron chi connectivity index (χ2n) is 29.2. The number of hydrogen-bond acceptors (Lipinski definition) is 12. The van der Waals surface area contributed by atoms with Crippen molar-refractivity contribution in [3.05, 3.63) is 105 Å². The number of nitrogens with one attached hydrogen (secondary N) is 3. The molecule has 576 valence electrons. The van der Waals surface area contributed by atoms with Gasteiger partial charge in [0.1, 0.15) is 65.7 Å². The molecule has 0 bridgehead atoms. The first-order valence-corrected chi connectivity index (χ1v) is 36.8. The number of amides is 12. The Morgan fingerprint density at radius 3 is 1.74 bits per heavy atom. The van der Waals surface area contributed by atoms with E-state index in [0.29, 0.717) is 62.7 Å². The molecule has 3 N–H and O–H groups in total. The minimum atomic E-state index is -4.81. The van der Waals surface area contributed by atoms with Crippen LogP contribution < -0.4 is 16.0 Å². The maximum atomic E-state index is 15.7. The van der Waals surface area contributed by atoms with Crippen LogP contribution in [0, 0.1) is 24.6 Å². The highest BCUT2D eigenvalue weighted by Gasteiger charge is 2.51. The molecule has 1 unspecified atom stereocenters. The van der Waals surface area contributed by atoms with Crippen molar-refractivity contribution in [2.75, 3.05) is 75.5 Å². The van der Waals surface area contributed by atoms with Gasteiger partial charge in [-0.15, -0.1) is 0 Å². The molecule has 24 nitrogen and oxygen atoms in total. The number of fused-ring (bicyclic) bond motifs is 1. The summed E-state index contributed by atoms with van der Waals surface area (Å²) < 4.78 is 56.6. The van der Waals surface area contributed by atoms with Crippen LogP contribution in [0.15, 0.2) is 66.7 Å². The summed E-state index contributed by atoms with van der Waals surface area (Å²) >= 11 is 6.18. The summed E-state index contributed by atoms with van der Waals surface area (Å²) in [6, 6.07) is 3.16. The Kier molecular flexibility index (Phi) is 28.7. The molecule has 1 spiro atoms. The number of carbonyl (C=O) groups is 12. The second kappa shape index (κ2) is 36.1. The van der Waals surface area contributed by atoms with Crippen LogP contribution in [0.1, 0.15) is 146 Å². The predicted molar refractivity (Wildman–Crippen MR) is 385 cm³/mol. The number of hydrogen-bond donors (Lipinski definition) is 3. The highest BCUT2D eigenvalue weighted by molar-refractivity contribution is 6.31. The summed E-state index contributed by atoms with van der Waals surface area (Å²) in [7, 11) is 9.52. The quantitative estimate of drug-likeness (QED) is 0.171. The molecule has 29 heteroatoms. The van der Waals surface area contributed by atoms with Gasteiger partial charge < -0.3 is 60.0 Å². The molecule has 0 radical (unpaired) electrons. The van der Waals surface area contributed by atoms with Crippen molar-refractivity contribution >= 4 is 82.5 Å². The number of likely N-dealkylation sites (tertiary alicyclic amines) is 1. The highest BCUT2D eigenvalue weighted by Crippen LogP contribution is 2.37. The number of aryl methyl sites for hydroxylation is 2. The zero-order valence-corrected chi connectivity index (χ0v) is 63.7. The fraction of sp³-hybridized carbons (Fsp3) is 0.605. The molecule has 1 saturated carbocycles. The van der Waals surface area contributed by atoms with E-state index in [1.54, 1.807) is 37.8 Å². The van der Waals surface area contributed by atoms with E-state index >= 15 is 24.0 Å². The fourth-order valence-electron chi connectivity index (χ4n) is 14.3. The van der Waals surface area contributed by atoms with E-state index in [9.17, 15) is 51.1 Å². The number of rotatable bonds is 12. The van der Waals surface area contributed by atoms with Gasteiger partial charge in [-0.25, -0.2) is 4.39 Å². The number of piperidine rings is 1. The van der Waals surface area contributed by atoms with Crippen LogP contribution in [0.2, 0.25) is 5.02 Å². The molecule has 7 rings (SSSR count). The van der Waals surface area contributed by atoms with E-state index in [0.717, 1.165) is 61.9 Å². The molecule has 4 fully saturated rings. The Morgan fingerprint density at radius 2 is 1.18 bits per heavy atom. The van der Waals surface area contributed by atoms with E-state index in [-0.39, 0.29) is 57.1 Å². The number of alkyl halides is 3. The number of benzene rings is 3. The van der Waals surface area contributed by atoms with Crippen LogP contribution in [0.4, 0.5) is 17.6 Å². The third-order valence-electron chi connectivity index (χ3n) is 22.1. The van der Waals surface area contributed by atoms with Gasteiger partial charge in [0.25, 0.3) is 0 Å². The summed E-state index contributed by atoms with van der Waals surface area (Å²) in [4.78, 5) is 191. The first-order valence-electron chi connectivity index (χ1n) is 36.4. The molecule has 4 aliphatic rings. The molecule has 3 aromatic rings. The van der Waals surface area contributed by atoms with Gasteiger partial charge in [-0.3, -0.25) is 57.5 Å². The summed E-state index contributed by atoms with van der Waals surface area (Å²) in [6.45, 7) is 11.9. The minimum absolute atomic E-state index is 0.0555. The summed E-state index contributed by atoms with van der Waals surface area (Å²) in [5.74, 6) is -10.5. The predicted octanol–water partition coefficient (Wildman–Crippen LogP) is 6.19. The van der Waals surface area contributed by atoms with Crippen LogP contribution in [0.25, 0.3) is 0 Å². The first kappa shape index (κ1) is 83.6. The third-order valence-corrected chi connectivity index (χ3v) is 22.4. The van der Waals surface area contributed by atoms with Gasteiger partial charge in [-0.1, -0.05) is 113 Å². The van der Waals surface area contributed by atoms with Gasteiger partial charge in [0.2, 0.25) is 70.9 Å². The molecule has 12 amide bonds. The van der Waals surface area contributed by atoms with Crippen LogP contribution in [-0.4, -0.2) is 250 Å². The highest BCUT2D eigenvalue weighted by atomic mass is 35.5. The number of halogens is 5. The molecule has 1 aliphatic carbocycles. The number of nitrogens with zero attached hydrogens (tertiary/aromatic N) is 9. The van der Waals surface area contributed by atoms with Gasteiger partial charge in [-0.05, 0) is 125 Å². The summed E-state index contributed by atoms with van der Waals surface area (Å²) in [5, 5.41) is 7.88. The van der Waals surface area contributed by atoms with Gasteiger partial charge in [0.05, 0.1) is 23.6 Å². The molecule has 11 atom stereocenters. The summed E-state index contributed by atoms with van der Waals surface area (Å²) in [5.41, 5.74) is -0.766. The van der Waals surface area contributed by atoms with Crippen molar-refractivity contribution in [2.24, 2.45) is 11.8 Å². The average Bonchev–Trinajstić information content (AvgIpc) is 1.74. The molecular weight excluding hydrogens is 1380 g/mol. The SMILES string of the molecule is CC[C@H](C)[C@@H]1NC(=O)[C@H](C)N(C)C(=O)C[C@@H](C(=O)N2CCCCC2)N(C)C(=O)[C@H]([C@@H](C)CC)N(C)C(=O)C2(CCCC2)NC(=O)[C@H](Cc2ccc(F)cc2)N(C)C(=O)[C@H](CCc2ccc(C(F)(F)F)c(Cl)c2)NC(=O)CN(C)C(=O)[C@H](Cc2ccc(C)cc2)N(C)C(=O)C2CCN2C(=O)[C@H](C)N(C)C1=O. The lowest BCUT2D eigenvalue weighted by atomic mass is 9.90. The second-order valence-corrected chi connectivity index (χ2v) is 29.6. The monoisotopic (exact) mass is 1490 g/mol. The average molecular weight is 1490 g/mol. The van der Waals surface area contributed by atoms with Crippen molar-refractivity contribution in [3.8, 4) is 0 Å². The molecule has 3 heterocycles. The van der Waals surface area contributed by atoms with Crippen LogP contribution in [-0.2, 0) is 83.0 Å². The lowest BCUT2D eigenvalue weighted by molar-refractivity contribution is -0.160. The van der Waals surface area contributed by atoms with Crippen molar-refractivity contribution in [3.63, 3.8) is 0 Å². The maximum Gasteiger partial charge on any atom is 0.417 e. The molecule has 0 aromatic heterocycles. The van der Waals surface area contributed by atoms with Crippen molar-refractivity contribution < 1.29 is 75.1 Å². The zero-order chi connectivity index (χ0) is 77.9. The van der Waals surface area contributed by atoms with Gasteiger partial charge >= 0.3 is 6.18 Å². The normalized spacial score (nSPS) is 25.6. The standard InChI is InChI=1S/C76H105ClF4N12O12/c1-15-46(4)63-72(103)87(10)49(7)67(98)93-39-34-57(93)70(101)89(12)59(42-51-24-22-45(3)23-25-51)69(100)85(8)44-61(94)82-56(33-29-50-28-32-54(55(77)40-50)76(79,80)81)68(99)88(11)58(41-52-26-30-53(78)31-27-52)66(97)84-75(35-18-19-36-75)74(105)91(14)64(47(5)16-2)73(104)90(13)60(71(102)92-37-20-17-21-38-92)43-62(95)86(9)48(6)65(96)83-63/h22-28,30-32,40,46-49,56-60,63-64H,15-21,29,33-39,41-44H2,1-14H3,(H,82,94)(H,83,96)(H,84,97)/t46-,47-,48-,49-,56-,57?,58-,59-,60-,63-,64-/m0/s1. The van der Waals surface area contributed by atoms with Gasteiger partial charge in [-0.2, -0.15) is 13.2 Å². The molecule has 3 aromatic carbocycles. The van der Waals surface area contributed by atoms with Crippen LogP contribution >= 0.6 is 11.6 Å². The topological polar surface area (TPSA) is 270 Å². The van der Waals surface area contributed by atoms with Crippen molar-refractivity contribution in [1.82, 2.24) is 60.0 Å². The smallest absolute Gasteiger partial charge is 0.343 e. The molecule has 3 saturated heterocycles. The molecule has 3 aliphatic heterocycles. The lowest BCUT2D eigenvalue weighted by Crippen LogP contribution is -2.65. The van der Waals surface area contributed by atoms with E-state index in [1.807, 2.05) is 26.0 Å². The Hall–Kier alpha value is -8.69. The van der Waals surface area contributed by atoms with E-state index in [2.05, 4.69) is 16.0 Å². The van der Waals surface area contributed by atoms with E-state index in [1.165, 1.54) is 94.9 Å². The third kappa shape index (κ3) is 19.9. The maximum absolute atomic E-state index is 15.7. The minimum Gasteiger partial charge on any atom is -0.343 e. The van der Waals surface area contributed by atoms with Crippen LogP contribution in [0.5, 0.6) is 0 Å². The Bertz CT molecular complexity index is 3670. The first-order chi connectivity index (χ1) is 49.4. The number of likely N-dealkylation sites (N-methyl/N-ethyl adjacent to an activating group) is 7. The van der Waals surface area contributed by atoms with Gasteiger partial charge in [0.15, 0.2) is 0 Å². The number of carbonyl (C=O) groups excluding carboxylic acids is 12. The largest absolute Gasteiger partial charge is 0.417 e. The Morgan fingerprint density at radius 1 is 0.610 bits per heavy atom. The van der Waals surface area contributed by atoms with E-state index < -0.39 is 178 Å². The summed E-state index contributed by atoms with van der Waals surface area (Å²) in [6.07, 6.45) is -2.37. The lowest BCUT2D eigenvalue weighted by Gasteiger charge is -2.45. The molecule has 105 heavy (non-hydrogen) atoms. The van der Waals surface area contributed by atoms with Crippen molar-refractivity contribution in [1.29, 1.82) is 0 Å². The molecular formula is C76H105ClF4N12O12. The van der Waals surface area contributed by atoms with E-state index in [4.69, 9.17) is 11.6 Å². The van der Waals surface area contributed by atoms with Gasteiger partial charge in [0, 0.05) is 81.8 Å². The van der Waals surface area contributed by atoms with Crippen LogP contribution in [0.3, 0.4) is 0 Å². The Labute approximate surface area is 618 Å². The van der Waals surface area contributed by atoms with Crippen molar-refractivity contribution in [2.45, 2.75) is 211 Å². The fourth-order valence-corrected chi connectivity index (χ4v) is 14.6. The Balaban J connectivity index is 1.33. The zero-order valence-electron chi connectivity index (χ0n) is 63.0.